The van der Waals surface area contributed by atoms with Crippen LogP contribution in [0.15, 0.2) is 18.3 Å². The molecule has 0 saturated heterocycles. The molecule has 2 atom stereocenters. The quantitative estimate of drug-likeness (QED) is 0.724. The molecule has 0 bridgehead atoms. The summed E-state index contributed by atoms with van der Waals surface area (Å²) in [5.41, 5.74) is 1.46. The Labute approximate surface area is 123 Å². The number of ether oxygens (including phenoxy) is 1. The van der Waals surface area contributed by atoms with E-state index >= 15 is 0 Å². The first kappa shape index (κ1) is 11.6. The van der Waals surface area contributed by atoms with Gasteiger partial charge < -0.3 is 4.74 Å². The minimum absolute atomic E-state index is 0.336. The second kappa shape index (κ2) is 4.16. The van der Waals surface area contributed by atoms with Gasteiger partial charge in [-0.05, 0) is 53.0 Å². The Bertz CT molecular complexity index is 640. The highest BCUT2D eigenvalue weighted by atomic mass is 127. The van der Waals surface area contributed by atoms with Crippen LogP contribution in [0.4, 0.5) is 4.39 Å². The molecule has 0 N–H and O–H groups in total. The van der Waals surface area contributed by atoms with E-state index in [2.05, 4.69) is 32.7 Å². The first-order valence-electron chi connectivity index (χ1n) is 6.23. The van der Waals surface area contributed by atoms with Crippen molar-refractivity contribution in [1.82, 2.24) is 14.8 Å². The smallest absolute Gasteiger partial charge is 0.226 e. The molecule has 0 aromatic carbocycles. The van der Waals surface area contributed by atoms with Gasteiger partial charge in [-0.3, -0.25) is 4.98 Å². The first-order chi connectivity index (χ1) is 9.22. The van der Waals surface area contributed by atoms with Crippen LogP contribution in [0.1, 0.15) is 6.42 Å². The lowest BCUT2D eigenvalue weighted by Gasteiger charge is -2.04. The fourth-order valence-electron chi connectivity index (χ4n) is 2.51. The van der Waals surface area contributed by atoms with Gasteiger partial charge in [0.2, 0.25) is 5.88 Å². The fourth-order valence-corrected chi connectivity index (χ4v) is 3.33. The predicted molar refractivity (Wildman–Crippen MR) is 75.2 cm³/mol. The topological polar surface area (TPSA) is 39.9 Å². The van der Waals surface area contributed by atoms with Gasteiger partial charge in [0, 0.05) is 6.54 Å². The Morgan fingerprint density at radius 1 is 1.37 bits per heavy atom. The predicted octanol–water partition coefficient (Wildman–Crippen LogP) is 2.72. The average molecular weight is 371 g/mol. The Balaban J connectivity index is 1.77. The van der Waals surface area contributed by atoms with Crippen LogP contribution < -0.4 is 4.74 Å². The van der Waals surface area contributed by atoms with Gasteiger partial charge in [-0.25, -0.2) is 9.07 Å². The molecular formula is C13H11FIN3O. The Kier molecular flexibility index (Phi) is 2.54. The van der Waals surface area contributed by atoms with Crippen LogP contribution in [-0.4, -0.2) is 21.4 Å². The van der Waals surface area contributed by atoms with E-state index in [-0.39, 0.29) is 5.82 Å². The van der Waals surface area contributed by atoms with Crippen molar-refractivity contribution in [2.45, 2.75) is 13.0 Å². The second-order valence-corrected chi connectivity index (χ2v) is 6.16. The number of halogens is 2. The highest BCUT2D eigenvalue weighted by molar-refractivity contribution is 14.1. The van der Waals surface area contributed by atoms with Crippen LogP contribution in [0.2, 0.25) is 0 Å². The Morgan fingerprint density at radius 2 is 2.26 bits per heavy atom. The fraction of sp³-hybridized carbons (Fsp3) is 0.385. The van der Waals surface area contributed by atoms with Crippen molar-refractivity contribution in [1.29, 1.82) is 0 Å². The van der Waals surface area contributed by atoms with Gasteiger partial charge in [-0.1, -0.05) is 0 Å². The van der Waals surface area contributed by atoms with Gasteiger partial charge >= 0.3 is 0 Å². The molecule has 98 valence electrons. The SMILES string of the molecule is Fc1ccc(-c2nn3c(c2I)OC[C@@H]2C[C@@H]2C3)nc1. The van der Waals surface area contributed by atoms with Crippen LogP contribution in [0, 0.1) is 21.2 Å². The summed E-state index contributed by atoms with van der Waals surface area (Å²) < 4.78 is 21.7. The molecule has 3 heterocycles. The van der Waals surface area contributed by atoms with Crippen molar-refractivity contribution < 1.29 is 9.13 Å². The summed E-state index contributed by atoms with van der Waals surface area (Å²) in [6.07, 6.45) is 2.45. The van der Waals surface area contributed by atoms with Gasteiger partial charge in [0.05, 0.1) is 18.5 Å². The van der Waals surface area contributed by atoms with Gasteiger partial charge in [-0.15, -0.1) is 0 Å². The van der Waals surface area contributed by atoms with E-state index in [4.69, 9.17) is 4.74 Å². The molecule has 6 heteroatoms. The lowest BCUT2D eigenvalue weighted by atomic mass is 10.3. The summed E-state index contributed by atoms with van der Waals surface area (Å²) in [5.74, 6) is 1.89. The molecule has 2 aliphatic rings. The lowest BCUT2D eigenvalue weighted by Crippen LogP contribution is -2.03. The summed E-state index contributed by atoms with van der Waals surface area (Å²) in [4.78, 5) is 4.09. The van der Waals surface area contributed by atoms with Gasteiger partial charge in [0.15, 0.2) is 0 Å². The van der Waals surface area contributed by atoms with E-state index in [0.717, 1.165) is 28.3 Å². The first-order valence-corrected chi connectivity index (χ1v) is 7.31. The van der Waals surface area contributed by atoms with Crippen LogP contribution in [0.25, 0.3) is 11.4 Å². The molecule has 19 heavy (non-hydrogen) atoms. The number of aromatic nitrogens is 3. The van der Waals surface area contributed by atoms with Crippen molar-refractivity contribution >= 4 is 22.6 Å². The highest BCUT2D eigenvalue weighted by Gasteiger charge is 2.41. The zero-order valence-corrected chi connectivity index (χ0v) is 12.2. The summed E-state index contributed by atoms with van der Waals surface area (Å²) in [7, 11) is 0. The third kappa shape index (κ3) is 1.92. The number of hydrogen-bond acceptors (Lipinski definition) is 3. The minimum Gasteiger partial charge on any atom is -0.477 e. The maximum absolute atomic E-state index is 12.9. The molecule has 0 amide bonds. The summed E-state index contributed by atoms with van der Waals surface area (Å²) in [5, 5.41) is 4.59. The monoisotopic (exact) mass is 371 g/mol. The molecule has 1 saturated carbocycles. The van der Waals surface area contributed by atoms with Gasteiger partial charge in [0.1, 0.15) is 15.1 Å². The normalized spacial score (nSPS) is 24.1. The molecule has 0 radical (unpaired) electrons. The van der Waals surface area contributed by atoms with Crippen molar-refractivity contribution in [2.75, 3.05) is 6.61 Å². The minimum atomic E-state index is -0.336. The molecule has 0 spiro atoms. The average Bonchev–Trinajstić information content (AvgIpc) is 3.09. The summed E-state index contributed by atoms with van der Waals surface area (Å²) in [6.45, 7) is 1.69. The summed E-state index contributed by atoms with van der Waals surface area (Å²) >= 11 is 2.23. The van der Waals surface area contributed by atoms with Crippen LogP contribution in [0.3, 0.4) is 0 Å². The third-order valence-electron chi connectivity index (χ3n) is 3.73. The molecule has 4 rings (SSSR count). The van der Waals surface area contributed by atoms with Crippen LogP contribution in [0.5, 0.6) is 5.88 Å². The number of rotatable bonds is 1. The number of hydrogen-bond donors (Lipinski definition) is 0. The molecule has 2 aromatic rings. The standard InChI is InChI=1S/C13H11FIN3O/c14-9-1-2-10(16-4-9)12-11(15)13-18(17-12)5-7-3-8(7)6-19-13/h1-2,4,7-8H,3,5-6H2/t7-,8+/m1/s1. The number of fused-ring (bicyclic) bond motifs is 2. The molecule has 2 aromatic heterocycles. The van der Waals surface area contributed by atoms with Gasteiger partial charge in [0.25, 0.3) is 0 Å². The molecular weight excluding hydrogens is 360 g/mol. The zero-order valence-electron chi connectivity index (χ0n) is 10.0. The molecule has 1 fully saturated rings. The summed E-state index contributed by atoms with van der Waals surface area (Å²) in [6, 6.07) is 3.06. The maximum atomic E-state index is 12.9. The second-order valence-electron chi connectivity index (χ2n) is 5.08. The van der Waals surface area contributed by atoms with Crippen LogP contribution >= 0.6 is 22.6 Å². The van der Waals surface area contributed by atoms with Gasteiger partial charge in [-0.2, -0.15) is 5.10 Å². The molecule has 1 aliphatic carbocycles. The van der Waals surface area contributed by atoms with Crippen molar-refractivity contribution in [3.63, 3.8) is 0 Å². The highest BCUT2D eigenvalue weighted by Crippen LogP contribution is 2.44. The van der Waals surface area contributed by atoms with Crippen LogP contribution in [-0.2, 0) is 6.54 Å². The molecule has 1 aliphatic heterocycles. The van der Waals surface area contributed by atoms with E-state index in [9.17, 15) is 4.39 Å². The van der Waals surface area contributed by atoms with E-state index in [0.29, 0.717) is 17.5 Å². The number of pyridine rings is 1. The van der Waals surface area contributed by atoms with E-state index in [1.807, 2.05) is 4.68 Å². The third-order valence-corrected chi connectivity index (χ3v) is 4.70. The van der Waals surface area contributed by atoms with E-state index in [1.54, 1.807) is 6.07 Å². The molecule has 0 unspecified atom stereocenters. The Hall–Kier alpha value is -1.18. The van der Waals surface area contributed by atoms with Crippen molar-refractivity contribution in [2.24, 2.45) is 11.8 Å². The zero-order chi connectivity index (χ0) is 13.0. The Morgan fingerprint density at radius 3 is 3.05 bits per heavy atom. The molecule has 4 nitrogen and oxygen atoms in total. The maximum Gasteiger partial charge on any atom is 0.226 e. The van der Waals surface area contributed by atoms with Crippen molar-refractivity contribution in [3.8, 4) is 17.3 Å². The van der Waals surface area contributed by atoms with E-state index < -0.39 is 0 Å². The largest absolute Gasteiger partial charge is 0.477 e. The van der Waals surface area contributed by atoms with E-state index in [1.165, 1.54) is 18.7 Å². The van der Waals surface area contributed by atoms with Crippen molar-refractivity contribution in [3.05, 3.63) is 27.7 Å². The lowest BCUT2D eigenvalue weighted by molar-refractivity contribution is 0.283. The number of nitrogens with zero attached hydrogens (tertiary/aromatic N) is 3.